The summed E-state index contributed by atoms with van der Waals surface area (Å²) in [5.41, 5.74) is 2.04. The van der Waals surface area contributed by atoms with Crippen LogP contribution >= 0.6 is 0 Å². The van der Waals surface area contributed by atoms with Gasteiger partial charge in [0.2, 0.25) is 21.9 Å². The Bertz CT molecular complexity index is 1720. The predicted molar refractivity (Wildman–Crippen MR) is 140 cm³/mol. The predicted octanol–water partition coefficient (Wildman–Crippen LogP) is 3.69. The van der Waals surface area contributed by atoms with E-state index < -0.39 is 27.0 Å². The summed E-state index contributed by atoms with van der Waals surface area (Å²) in [4.78, 5) is 12.4. The molecule has 5 aromatic rings. The van der Waals surface area contributed by atoms with Crippen molar-refractivity contribution in [3.8, 4) is 23.1 Å². The highest BCUT2D eigenvalue weighted by Crippen LogP contribution is 2.32. The third-order valence-electron chi connectivity index (χ3n) is 6.42. The first-order valence-electron chi connectivity index (χ1n) is 11.7. The third-order valence-corrected chi connectivity index (χ3v) is 8.27. The summed E-state index contributed by atoms with van der Waals surface area (Å²) in [6.45, 7) is 3.20. The number of fused-ring (bicyclic) bond motifs is 1. The van der Waals surface area contributed by atoms with E-state index in [9.17, 15) is 12.8 Å². The van der Waals surface area contributed by atoms with Gasteiger partial charge >= 0.3 is 0 Å². The highest BCUT2D eigenvalue weighted by Gasteiger charge is 2.32. The summed E-state index contributed by atoms with van der Waals surface area (Å²) < 4.78 is 51.8. The number of hydrogen-bond acceptors (Lipinski definition) is 8. The molecule has 4 heterocycles. The number of methoxy groups -OCH3 is 1. The number of aryl methyl sites for hydroxylation is 1. The molecular formula is C25H25FN8O3S. The van der Waals surface area contributed by atoms with Crippen LogP contribution in [0.3, 0.4) is 0 Å². The fraction of sp³-hybridized carbons (Fsp3) is 0.240. The number of nitrogens with zero attached hydrogens (tertiary/aromatic N) is 7. The van der Waals surface area contributed by atoms with Crippen LogP contribution < -0.4 is 9.46 Å². The second-order valence-electron chi connectivity index (χ2n) is 8.79. The molecule has 0 spiro atoms. The molecule has 0 saturated heterocycles. The smallest absolute Gasteiger partial charge is 0.243 e. The Kier molecular flexibility index (Phi) is 6.53. The Morgan fingerprint density at radius 3 is 2.50 bits per heavy atom. The molecule has 196 valence electrons. The summed E-state index contributed by atoms with van der Waals surface area (Å²) in [7, 11) is -0.621. The molecule has 4 aromatic heterocycles. The van der Waals surface area contributed by atoms with Gasteiger partial charge in [-0.05, 0) is 19.1 Å². The topological polar surface area (TPSA) is 130 Å². The largest absolute Gasteiger partial charge is 0.481 e. The number of anilines is 1. The van der Waals surface area contributed by atoms with Crippen molar-refractivity contribution in [2.24, 2.45) is 7.05 Å². The van der Waals surface area contributed by atoms with Crippen molar-refractivity contribution in [1.29, 1.82) is 0 Å². The number of ether oxygens (including phenoxy) is 1. The Balaban J connectivity index is 1.61. The zero-order valence-electron chi connectivity index (χ0n) is 21.1. The highest BCUT2D eigenvalue weighted by molar-refractivity contribution is 7.93. The minimum Gasteiger partial charge on any atom is -0.481 e. The maximum atomic E-state index is 13.5. The van der Waals surface area contributed by atoms with E-state index in [1.807, 2.05) is 42.1 Å². The van der Waals surface area contributed by atoms with Crippen LogP contribution in [0.15, 0.2) is 61.1 Å². The van der Waals surface area contributed by atoms with Crippen LogP contribution in [-0.2, 0) is 17.1 Å². The number of rotatable bonds is 8. The SMILES string of the molecule is COc1cccc(-c2nnc(NS(=O)(=O)[C@H](C)[C@@H](C)c3ncc(F)cn3)n2-c2cn(C)c3ccccc23)n1. The van der Waals surface area contributed by atoms with Crippen molar-refractivity contribution in [2.75, 3.05) is 11.8 Å². The summed E-state index contributed by atoms with van der Waals surface area (Å²) in [6.07, 6.45) is 3.89. The Morgan fingerprint density at radius 1 is 1.03 bits per heavy atom. The molecule has 0 amide bonds. The summed E-state index contributed by atoms with van der Waals surface area (Å²) in [5.74, 6) is -0.349. The quantitative estimate of drug-likeness (QED) is 0.318. The lowest BCUT2D eigenvalue weighted by Crippen LogP contribution is -2.31. The van der Waals surface area contributed by atoms with Gasteiger partial charge in [0.1, 0.15) is 11.5 Å². The number of para-hydroxylation sites is 1. The van der Waals surface area contributed by atoms with Crippen LogP contribution in [0.1, 0.15) is 25.6 Å². The third kappa shape index (κ3) is 4.56. The Morgan fingerprint density at radius 2 is 1.76 bits per heavy atom. The van der Waals surface area contributed by atoms with Crippen molar-refractivity contribution in [3.63, 3.8) is 0 Å². The van der Waals surface area contributed by atoms with Crippen molar-refractivity contribution in [3.05, 3.63) is 72.7 Å². The molecule has 0 saturated carbocycles. The van der Waals surface area contributed by atoms with Crippen molar-refractivity contribution in [2.45, 2.75) is 25.0 Å². The van der Waals surface area contributed by atoms with Gasteiger partial charge in [-0.3, -0.25) is 9.29 Å². The second kappa shape index (κ2) is 9.82. The summed E-state index contributed by atoms with van der Waals surface area (Å²) in [6, 6.07) is 12.9. The van der Waals surface area contributed by atoms with Gasteiger partial charge < -0.3 is 9.30 Å². The van der Waals surface area contributed by atoms with Crippen LogP contribution in [-0.4, -0.2) is 55.1 Å². The van der Waals surface area contributed by atoms with E-state index in [2.05, 4.69) is 29.9 Å². The van der Waals surface area contributed by atoms with Gasteiger partial charge in [0.15, 0.2) is 11.6 Å². The first-order valence-corrected chi connectivity index (χ1v) is 13.2. The molecule has 0 aliphatic carbocycles. The molecule has 2 atom stereocenters. The van der Waals surface area contributed by atoms with Crippen LogP contribution in [0.2, 0.25) is 0 Å². The lowest BCUT2D eigenvalue weighted by molar-refractivity contribution is 0.398. The molecule has 0 aliphatic heterocycles. The van der Waals surface area contributed by atoms with E-state index in [0.717, 1.165) is 23.3 Å². The van der Waals surface area contributed by atoms with Gasteiger partial charge in [0.05, 0.1) is 30.4 Å². The molecule has 0 fully saturated rings. The van der Waals surface area contributed by atoms with Crippen LogP contribution in [0, 0.1) is 5.82 Å². The lowest BCUT2D eigenvalue weighted by Gasteiger charge is -2.20. The number of benzene rings is 1. The van der Waals surface area contributed by atoms with Crippen LogP contribution in [0.25, 0.3) is 28.1 Å². The lowest BCUT2D eigenvalue weighted by atomic mass is 10.1. The number of nitrogens with one attached hydrogen (secondary N) is 1. The van der Waals surface area contributed by atoms with Gasteiger partial charge in [0.25, 0.3) is 0 Å². The first-order chi connectivity index (χ1) is 18.2. The first kappa shape index (κ1) is 25.3. The molecule has 13 heteroatoms. The molecule has 0 unspecified atom stereocenters. The maximum Gasteiger partial charge on any atom is 0.243 e. The second-order valence-corrected chi connectivity index (χ2v) is 10.8. The van der Waals surface area contributed by atoms with Crippen LogP contribution in [0.4, 0.5) is 10.3 Å². The standard InChI is InChI=1S/C25H25FN8O3S/c1-15(23-27-12-17(26)13-28-23)16(2)38(35,36)32-25-31-30-24(19-9-7-11-22(29-19)37-4)34(25)21-14-33(3)20-10-6-5-8-18(20)21/h5-16H,1-4H3,(H,31,32)/t15-,16-/m1/s1. The van der Waals surface area contributed by atoms with Gasteiger partial charge in [0, 0.05) is 36.1 Å². The molecule has 1 aromatic carbocycles. The molecule has 0 bridgehead atoms. The fourth-order valence-corrected chi connectivity index (χ4v) is 5.38. The summed E-state index contributed by atoms with van der Waals surface area (Å²) in [5, 5.41) is 8.39. The molecule has 5 rings (SSSR count). The summed E-state index contributed by atoms with van der Waals surface area (Å²) >= 11 is 0. The number of sulfonamides is 1. The molecule has 1 N–H and O–H groups in total. The molecule has 11 nitrogen and oxygen atoms in total. The van der Waals surface area contributed by atoms with Crippen molar-refractivity contribution >= 4 is 26.9 Å². The Hall–Kier alpha value is -4.39. The molecular weight excluding hydrogens is 511 g/mol. The van der Waals surface area contributed by atoms with Gasteiger partial charge in [-0.25, -0.2) is 27.8 Å². The van der Waals surface area contributed by atoms with Crippen LogP contribution in [0.5, 0.6) is 5.88 Å². The fourth-order valence-electron chi connectivity index (χ4n) is 4.15. The highest BCUT2D eigenvalue weighted by atomic mass is 32.2. The van der Waals surface area contributed by atoms with E-state index in [1.54, 1.807) is 29.7 Å². The molecule has 38 heavy (non-hydrogen) atoms. The molecule has 0 radical (unpaired) electrons. The minimum atomic E-state index is -4.03. The number of pyridine rings is 1. The van der Waals surface area contributed by atoms with Gasteiger partial charge in [-0.15, -0.1) is 10.2 Å². The number of aromatic nitrogens is 7. The monoisotopic (exact) mass is 536 g/mol. The number of hydrogen-bond donors (Lipinski definition) is 1. The average molecular weight is 537 g/mol. The zero-order chi connectivity index (χ0) is 27.0. The van der Waals surface area contributed by atoms with E-state index in [0.29, 0.717) is 23.1 Å². The zero-order valence-corrected chi connectivity index (χ0v) is 21.9. The maximum absolute atomic E-state index is 13.5. The normalized spacial score (nSPS) is 13.4. The Labute approximate surface area is 218 Å². The van der Waals surface area contributed by atoms with Gasteiger partial charge in [-0.2, -0.15) is 0 Å². The average Bonchev–Trinajstić information content (AvgIpc) is 3.48. The van der Waals surface area contributed by atoms with Gasteiger partial charge in [-0.1, -0.05) is 31.2 Å². The van der Waals surface area contributed by atoms with E-state index in [1.165, 1.54) is 14.0 Å². The van der Waals surface area contributed by atoms with Crippen molar-refractivity contribution < 1.29 is 17.5 Å². The van der Waals surface area contributed by atoms with Crippen molar-refractivity contribution in [1.82, 2.24) is 34.3 Å². The number of halogens is 1. The molecule has 0 aliphatic rings. The van der Waals surface area contributed by atoms with E-state index >= 15 is 0 Å². The minimum absolute atomic E-state index is 0.0138. The van der Waals surface area contributed by atoms with E-state index in [4.69, 9.17) is 4.74 Å². The van der Waals surface area contributed by atoms with E-state index in [-0.39, 0.29) is 11.8 Å².